The number of halogens is 1. The molecule has 3 aromatic rings. The van der Waals surface area contributed by atoms with Gasteiger partial charge >= 0.3 is 0 Å². The van der Waals surface area contributed by atoms with E-state index in [0.29, 0.717) is 16.3 Å². The van der Waals surface area contributed by atoms with Crippen LogP contribution in [0.5, 0.6) is 0 Å². The summed E-state index contributed by atoms with van der Waals surface area (Å²) in [4.78, 5) is 26.7. The van der Waals surface area contributed by atoms with Gasteiger partial charge in [0.1, 0.15) is 0 Å². The maximum absolute atomic E-state index is 12.9. The van der Waals surface area contributed by atoms with Crippen LogP contribution in [-0.4, -0.2) is 34.9 Å². The highest BCUT2D eigenvalue weighted by Crippen LogP contribution is 2.22. The summed E-state index contributed by atoms with van der Waals surface area (Å²) in [5.74, 6) is -0.509. The Balaban J connectivity index is 1.75. The molecule has 2 amide bonds. The fourth-order valence-corrected chi connectivity index (χ4v) is 3.38. The van der Waals surface area contributed by atoms with Crippen molar-refractivity contribution in [2.45, 2.75) is 13.8 Å². The number of likely N-dealkylation sites (N-methyl/N-ethyl adjacent to an activating group) is 1. The summed E-state index contributed by atoms with van der Waals surface area (Å²) in [6, 6.07) is 18.7. The summed E-state index contributed by atoms with van der Waals surface area (Å²) in [5, 5.41) is 3.19. The minimum absolute atomic E-state index is 0.0704. The molecule has 144 valence electrons. The summed E-state index contributed by atoms with van der Waals surface area (Å²) < 4.78 is 2.03. The van der Waals surface area contributed by atoms with Crippen molar-refractivity contribution in [3.05, 3.63) is 82.6 Å². The number of rotatable bonds is 5. The third-order valence-electron chi connectivity index (χ3n) is 4.55. The van der Waals surface area contributed by atoms with Crippen LogP contribution in [0.3, 0.4) is 0 Å². The van der Waals surface area contributed by atoms with Crippen molar-refractivity contribution < 1.29 is 9.59 Å². The van der Waals surface area contributed by atoms with Gasteiger partial charge in [0.25, 0.3) is 5.91 Å². The van der Waals surface area contributed by atoms with Crippen molar-refractivity contribution in [2.75, 3.05) is 18.9 Å². The molecule has 0 aliphatic rings. The molecule has 0 bridgehead atoms. The summed E-state index contributed by atoms with van der Waals surface area (Å²) in [6.07, 6.45) is 0. The van der Waals surface area contributed by atoms with E-state index in [-0.39, 0.29) is 18.4 Å². The second-order valence-electron chi connectivity index (χ2n) is 6.65. The number of carbonyl (C=O) groups excluding carboxylic acids is 2. The first-order valence-corrected chi connectivity index (χ1v) is 9.30. The first kappa shape index (κ1) is 19.7. The third-order valence-corrected chi connectivity index (χ3v) is 4.88. The summed E-state index contributed by atoms with van der Waals surface area (Å²) >= 11 is 6.06. The molecule has 0 aliphatic carbocycles. The van der Waals surface area contributed by atoms with Crippen molar-refractivity contribution >= 4 is 29.1 Å². The molecule has 1 aromatic heterocycles. The number of aromatic nitrogens is 1. The molecule has 2 aromatic carbocycles. The van der Waals surface area contributed by atoms with Crippen LogP contribution in [0.15, 0.2) is 60.7 Å². The average molecular weight is 396 g/mol. The van der Waals surface area contributed by atoms with Crippen molar-refractivity contribution in [3.63, 3.8) is 0 Å². The van der Waals surface area contributed by atoms with E-state index in [1.807, 2.05) is 54.8 Å². The van der Waals surface area contributed by atoms with Crippen LogP contribution in [0.2, 0.25) is 5.02 Å². The summed E-state index contributed by atoms with van der Waals surface area (Å²) in [5.41, 5.74) is 3.90. The molecule has 1 heterocycles. The first-order valence-electron chi connectivity index (χ1n) is 8.92. The van der Waals surface area contributed by atoms with Gasteiger partial charge in [-0.05, 0) is 44.2 Å². The number of benzene rings is 2. The predicted molar refractivity (Wildman–Crippen MR) is 112 cm³/mol. The van der Waals surface area contributed by atoms with Crippen LogP contribution >= 0.6 is 11.6 Å². The van der Waals surface area contributed by atoms with E-state index in [4.69, 9.17) is 11.6 Å². The zero-order valence-electron chi connectivity index (χ0n) is 16.1. The van der Waals surface area contributed by atoms with Gasteiger partial charge in [-0.15, -0.1) is 0 Å². The van der Waals surface area contributed by atoms with Crippen LogP contribution < -0.4 is 5.32 Å². The highest BCUT2D eigenvalue weighted by Gasteiger charge is 2.21. The maximum atomic E-state index is 12.9. The molecule has 0 fully saturated rings. The Morgan fingerprint density at radius 3 is 2.36 bits per heavy atom. The molecule has 1 N–H and O–H groups in total. The van der Waals surface area contributed by atoms with E-state index >= 15 is 0 Å². The second kappa shape index (κ2) is 8.31. The molecule has 0 unspecified atom stereocenters. The molecule has 0 saturated heterocycles. The molecule has 0 saturated carbocycles. The molecule has 0 spiro atoms. The minimum atomic E-state index is -0.305. The van der Waals surface area contributed by atoms with Gasteiger partial charge in [-0.2, -0.15) is 0 Å². The van der Waals surface area contributed by atoms with Crippen LogP contribution in [0.1, 0.15) is 21.7 Å². The quantitative estimate of drug-likeness (QED) is 0.693. The molecule has 0 aliphatic heterocycles. The largest absolute Gasteiger partial charge is 0.332 e. The Kier molecular flexibility index (Phi) is 5.85. The molecular formula is C22H22ClN3O2. The van der Waals surface area contributed by atoms with Gasteiger partial charge < -0.3 is 14.8 Å². The van der Waals surface area contributed by atoms with Crippen LogP contribution in [0.25, 0.3) is 5.69 Å². The van der Waals surface area contributed by atoms with Crippen molar-refractivity contribution in [1.82, 2.24) is 9.47 Å². The molecular weight excluding hydrogens is 374 g/mol. The topological polar surface area (TPSA) is 54.3 Å². The van der Waals surface area contributed by atoms with E-state index < -0.39 is 0 Å². The number of nitrogens with zero attached hydrogens (tertiary/aromatic N) is 2. The van der Waals surface area contributed by atoms with Gasteiger partial charge in [0.15, 0.2) is 0 Å². The van der Waals surface area contributed by atoms with Crippen molar-refractivity contribution in [1.29, 1.82) is 0 Å². The monoisotopic (exact) mass is 395 g/mol. The summed E-state index contributed by atoms with van der Waals surface area (Å²) in [7, 11) is 1.61. The van der Waals surface area contributed by atoms with Gasteiger partial charge in [0, 0.05) is 24.1 Å². The highest BCUT2D eigenvalue weighted by atomic mass is 35.5. The lowest BCUT2D eigenvalue weighted by atomic mass is 10.2. The van der Waals surface area contributed by atoms with Gasteiger partial charge in [-0.1, -0.05) is 41.9 Å². The van der Waals surface area contributed by atoms with E-state index in [0.717, 1.165) is 17.1 Å². The molecule has 3 rings (SSSR count). The van der Waals surface area contributed by atoms with E-state index in [1.54, 1.807) is 31.3 Å². The molecule has 0 radical (unpaired) electrons. The minimum Gasteiger partial charge on any atom is -0.332 e. The number of aryl methyl sites for hydroxylation is 1. The Bertz CT molecular complexity index is 1010. The van der Waals surface area contributed by atoms with E-state index in [9.17, 15) is 9.59 Å². The van der Waals surface area contributed by atoms with E-state index in [1.165, 1.54) is 4.90 Å². The third kappa shape index (κ3) is 4.10. The molecule has 28 heavy (non-hydrogen) atoms. The van der Waals surface area contributed by atoms with Crippen LogP contribution in [0, 0.1) is 13.8 Å². The van der Waals surface area contributed by atoms with E-state index in [2.05, 4.69) is 5.32 Å². The summed E-state index contributed by atoms with van der Waals surface area (Å²) in [6.45, 7) is 3.80. The zero-order valence-corrected chi connectivity index (χ0v) is 16.8. The number of hydrogen-bond acceptors (Lipinski definition) is 2. The number of para-hydroxylation sites is 2. The molecule has 5 nitrogen and oxygen atoms in total. The molecule has 0 atom stereocenters. The van der Waals surface area contributed by atoms with Crippen LogP contribution in [0.4, 0.5) is 5.69 Å². The van der Waals surface area contributed by atoms with Gasteiger partial charge in [-0.3, -0.25) is 9.59 Å². The predicted octanol–water partition coefficient (Wildman–Crippen LogP) is 4.46. The zero-order chi connectivity index (χ0) is 20.3. The smallest absolute Gasteiger partial charge is 0.255 e. The Labute approximate surface area is 169 Å². The molecule has 6 heteroatoms. The average Bonchev–Trinajstić information content (AvgIpc) is 2.97. The highest BCUT2D eigenvalue weighted by molar-refractivity contribution is 6.33. The van der Waals surface area contributed by atoms with Gasteiger partial charge in [-0.25, -0.2) is 0 Å². The lowest BCUT2D eigenvalue weighted by Crippen LogP contribution is -2.35. The SMILES string of the molecule is Cc1cc(C(=O)N(C)CC(=O)Nc2ccccc2Cl)c(C)n1-c1ccccc1. The fourth-order valence-electron chi connectivity index (χ4n) is 3.20. The lowest BCUT2D eigenvalue weighted by Gasteiger charge is -2.17. The number of carbonyl (C=O) groups is 2. The number of amides is 2. The maximum Gasteiger partial charge on any atom is 0.255 e. The second-order valence-corrected chi connectivity index (χ2v) is 7.05. The number of nitrogens with one attached hydrogen (secondary N) is 1. The first-order chi connectivity index (χ1) is 13.4. The Morgan fingerprint density at radius 2 is 1.68 bits per heavy atom. The normalized spacial score (nSPS) is 10.6. The Hall–Kier alpha value is -3.05. The fraction of sp³-hybridized carbons (Fsp3) is 0.182. The van der Waals surface area contributed by atoms with Gasteiger partial charge in [0.05, 0.1) is 22.8 Å². The number of hydrogen-bond donors (Lipinski definition) is 1. The van der Waals surface area contributed by atoms with Crippen molar-refractivity contribution in [2.24, 2.45) is 0 Å². The standard InChI is InChI=1S/C22H22ClN3O2/c1-15-13-18(16(2)26(15)17-9-5-4-6-10-17)22(28)25(3)14-21(27)24-20-12-8-7-11-19(20)23/h4-13H,14H2,1-3H3,(H,24,27). The van der Waals surface area contributed by atoms with Crippen LogP contribution in [-0.2, 0) is 4.79 Å². The number of anilines is 1. The van der Waals surface area contributed by atoms with Gasteiger partial charge in [0.2, 0.25) is 5.91 Å². The van der Waals surface area contributed by atoms with Crippen molar-refractivity contribution in [3.8, 4) is 5.69 Å². The lowest BCUT2D eigenvalue weighted by molar-refractivity contribution is -0.116. The Morgan fingerprint density at radius 1 is 1.04 bits per heavy atom.